The van der Waals surface area contributed by atoms with E-state index >= 15 is 0 Å². The third-order valence-corrected chi connectivity index (χ3v) is 5.02. The average Bonchev–Trinajstić information content (AvgIpc) is 2.89. The van der Waals surface area contributed by atoms with Crippen LogP contribution in [0.2, 0.25) is 0 Å². The van der Waals surface area contributed by atoms with Crippen LogP contribution in [0.3, 0.4) is 0 Å². The van der Waals surface area contributed by atoms with Crippen molar-refractivity contribution in [2.75, 3.05) is 11.9 Å². The van der Waals surface area contributed by atoms with Gasteiger partial charge in [0.1, 0.15) is 0 Å². The molecule has 1 amide bonds. The van der Waals surface area contributed by atoms with Crippen LogP contribution in [0, 0.1) is 5.41 Å². The van der Waals surface area contributed by atoms with Crippen molar-refractivity contribution in [2.24, 2.45) is 5.41 Å². The van der Waals surface area contributed by atoms with Crippen molar-refractivity contribution >= 4 is 21.8 Å². The van der Waals surface area contributed by atoms with E-state index in [9.17, 15) is 15.0 Å². The Morgan fingerprint density at radius 1 is 1.32 bits per heavy atom. The number of halogens is 1. The number of phenolic OH excluding ortho intramolecular Hbond substituents is 2. The molecular formula is C14H18BrNO3. The molecule has 1 fully saturated rings. The van der Waals surface area contributed by atoms with Gasteiger partial charge in [-0.2, -0.15) is 0 Å². The first-order valence-electron chi connectivity index (χ1n) is 6.43. The zero-order valence-corrected chi connectivity index (χ0v) is 12.2. The van der Waals surface area contributed by atoms with Crippen LogP contribution >= 0.6 is 15.9 Å². The lowest BCUT2D eigenvalue weighted by atomic mass is 9.89. The van der Waals surface area contributed by atoms with E-state index in [-0.39, 0.29) is 28.4 Å². The molecule has 3 N–H and O–H groups in total. The number of amides is 1. The van der Waals surface area contributed by atoms with E-state index in [0.29, 0.717) is 6.54 Å². The van der Waals surface area contributed by atoms with Crippen molar-refractivity contribution in [3.63, 3.8) is 0 Å². The lowest BCUT2D eigenvalue weighted by Crippen LogP contribution is -2.37. The van der Waals surface area contributed by atoms with Crippen molar-refractivity contribution < 1.29 is 15.0 Å². The van der Waals surface area contributed by atoms with E-state index in [1.54, 1.807) is 6.07 Å². The van der Waals surface area contributed by atoms with E-state index < -0.39 is 0 Å². The van der Waals surface area contributed by atoms with Gasteiger partial charge in [0.15, 0.2) is 11.5 Å². The monoisotopic (exact) mass is 327 g/mol. The van der Waals surface area contributed by atoms with Gasteiger partial charge in [-0.3, -0.25) is 4.79 Å². The van der Waals surface area contributed by atoms with Gasteiger partial charge in [0.25, 0.3) is 5.91 Å². The van der Waals surface area contributed by atoms with Crippen LogP contribution in [-0.2, 0) is 0 Å². The minimum Gasteiger partial charge on any atom is -0.504 e. The van der Waals surface area contributed by atoms with Crippen LogP contribution in [0.15, 0.2) is 18.2 Å². The highest BCUT2D eigenvalue weighted by atomic mass is 79.9. The summed E-state index contributed by atoms with van der Waals surface area (Å²) < 4.78 is 0. The topological polar surface area (TPSA) is 69.6 Å². The normalized spacial score (nSPS) is 17.3. The maximum absolute atomic E-state index is 12.0. The predicted molar refractivity (Wildman–Crippen MR) is 76.8 cm³/mol. The summed E-state index contributed by atoms with van der Waals surface area (Å²) in [7, 11) is 0. The highest BCUT2D eigenvalue weighted by Crippen LogP contribution is 2.39. The summed E-state index contributed by atoms with van der Waals surface area (Å²) in [5.74, 6) is -0.983. The molecule has 1 saturated carbocycles. The second-order valence-corrected chi connectivity index (χ2v) is 5.76. The second-order valence-electron chi connectivity index (χ2n) is 5.20. The van der Waals surface area contributed by atoms with Crippen molar-refractivity contribution in [3.05, 3.63) is 23.8 Å². The van der Waals surface area contributed by atoms with Gasteiger partial charge < -0.3 is 15.5 Å². The highest BCUT2D eigenvalue weighted by Gasteiger charge is 2.33. The summed E-state index contributed by atoms with van der Waals surface area (Å²) >= 11 is 3.53. The van der Waals surface area contributed by atoms with E-state index in [1.807, 2.05) is 0 Å². The summed E-state index contributed by atoms with van der Waals surface area (Å²) in [6, 6.07) is 4.39. The molecule has 4 nitrogen and oxygen atoms in total. The van der Waals surface area contributed by atoms with Crippen LogP contribution in [0.1, 0.15) is 36.0 Å². The molecule has 0 atom stereocenters. The number of hydrogen-bond acceptors (Lipinski definition) is 3. The zero-order valence-electron chi connectivity index (χ0n) is 10.7. The van der Waals surface area contributed by atoms with E-state index in [1.165, 1.54) is 25.0 Å². The molecule has 1 aliphatic carbocycles. The third-order valence-electron chi connectivity index (χ3n) is 3.83. The Kier molecular flexibility index (Phi) is 4.34. The maximum Gasteiger partial charge on any atom is 0.255 e. The van der Waals surface area contributed by atoms with Gasteiger partial charge in [-0.05, 0) is 30.4 Å². The molecule has 1 aromatic rings. The summed E-state index contributed by atoms with van der Waals surface area (Å²) in [5, 5.41) is 22.8. The quantitative estimate of drug-likeness (QED) is 0.588. The number of benzene rings is 1. The SMILES string of the molecule is O=C(NCC1(CBr)CCCC1)c1cccc(O)c1O. The number of rotatable bonds is 4. The van der Waals surface area contributed by atoms with Gasteiger partial charge in [-0.15, -0.1) is 0 Å². The molecule has 0 spiro atoms. The number of aromatic hydroxyl groups is 2. The predicted octanol–water partition coefficient (Wildman–Crippen LogP) is 2.78. The molecule has 0 aliphatic heterocycles. The third kappa shape index (κ3) is 3.03. The molecule has 0 radical (unpaired) electrons. The Morgan fingerprint density at radius 2 is 2.00 bits per heavy atom. The smallest absolute Gasteiger partial charge is 0.255 e. The van der Waals surface area contributed by atoms with E-state index in [4.69, 9.17) is 0 Å². The minimum atomic E-state index is -0.362. The molecule has 5 heteroatoms. The number of carbonyl (C=O) groups excluding carboxylic acids is 1. The van der Waals surface area contributed by atoms with Crippen LogP contribution in [0.4, 0.5) is 0 Å². The second kappa shape index (κ2) is 5.82. The molecule has 0 saturated heterocycles. The lowest BCUT2D eigenvalue weighted by Gasteiger charge is -2.26. The van der Waals surface area contributed by atoms with Gasteiger partial charge in [0.2, 0.25) is 0 Å². The van der Waals surface area contributed by atoms with Gasteiger partial charge in [0.05, 0.1) is 5.56 Å². The van der Waals surface area contributed by atoms with Crippen LogP contribution in [-0.4, -0.2) is 28.0 Å². The van der Waals surface area contributed by atoms with Crippen molar-refractivity contribution in [3.8, 4) is 11.5 Å². The summed E-state index contributed by atoms with van der Waals surface area (Å²) in [4.78, 5) is 12.0. The molecular weight excluding hydrogens is 310 g/mol. The number of para-hydroxylation sites is 1. The first kappa shape index (κ1) is 14.2. The van der Waals surface area contributed by atoms with Crippen molar-refractivity contribution in [1.82, 2.24) is 5.32 Å². The van der Waals surface area contributed by atoms with Gasteiger partial charge in [-0.1, -0.05) is 34.8 Å². The summed E-state index contributed by atoms with van der Waals surface area (Å²) in [6.45, 7) is 0.589. The molecule has 104 valence electrons. The standard InChI is InChI=1S/C14H18BrNO3/c15-8-14(6-1-2-7-14)9-16-13(19)10-4-3-5-11(17)12(10)18/h3-5,17-18H,1-2,6-9H2,(H,16,19). The lowest BCUT2D eigenvalue weighted by molar-refractivity contribution is 0.0932. The van der Waals surface area contributed by atoms with E-state index in [2.05, 4.69) is 21.2 Å². The highest BCUT2D eigenvalue weighted by molar-refractivity contribution is 9.09. The summed E-state index contributed by atoms with van der Waals surface area (Å²) in [5.41, 5.74) is 0.241. The summed E-state index contributed by atoms with van der Waals surface area (Å²) in [6.07, 6.45) is 4.59. The zero-order chi connectivity index (χ0) is 13.9. The first-order chi connectivity index (χ1) is 9.08. The Labute approximate surface area is 121 Å². The average molecular weight is 328 g/mol. The number of hydrogen-bond donors (Lipinski definition) is 3. The molecule has 0 heterocycles. The van der Waals surface area contributed by atoms with Gasteiger partial charge in [0, 0.05) is 11.9 Å². The van der Waals surface area contributed by atoms with E-state index in [0.717, 1.165) is 18.2 Å². The Hall–Kier alpha value is -1.23. The Bertz CT molecular complexity index is 470. The van der Waals surface area contributed by atoms with Gasteiger partial charge >= 0.3 is 0 Å². The molecule has 0 bridgehead atoms. The number of nitrogens with one attached hydrogen (secondary N) is 1. The molecule has 2 rings (SSSR count). The van der Waals surface area contributed by atoms with Crippen LogP contribution < -0.4 is 5.32 Å². The largest absolute Gasteiger partial charge is 0.504 e. The van der Waals surface area contributed by atoms with Crippen molar-refractivity contribution in [2.45, 2.75) is 25.7 Å². The Morgan fingerprint density at radius 3 is 2.63 bits per heavy atom. The fourth-order valence-electron chi connectivity index (χ4n) is 2.56. The van der Waals surface area contributed by atoms with Gasteiger partial charge in [-0.25, -0.2) is 0 Å². The number of alkyl halides is 1. The molecule has 1 aliphatic rings. The Balaban J connectivity index is 2.03. The molecule has 0 unspecified atom stereocenters. The number of carbonyl (C=O) groups is 1. The van der Waals surface area contributed by atoms with Crippen molar-refractivity contribution in [1.29, 1.82) is 0 Å². The van der Waals surface area contributed by atoms with Crippen LogP contribution in [0.25, 0.3) is 0 Å². The molecule has 1 aromatic carbocycles. The molecule has 0 aromatic heterocycles. The first-order valence-corrected chi connectivity index (χ1v) is 7.55. The van der Waals surface area contributed by atoms with Crippen LogP contribution in [0.5, 0.6) is 11.5 Å². The minimum absolute atomic E-state index is 0.114. The fourth-order valence-corrected chi connectivity index (χ4v) is 3.32. The number of phenols is 2. The molecule has 19 heavy (non-hydrogen) atoms. The fraction of sp³-hybridized carbons (Fsp3) is 0.500. The maximum atomic E-state index is 12.0.